The predicted molar refractivity (Wildman–Crippen MR) is 74.7 cm³/mol. The molecule has 0 saturated heterocycles. The van der Waals surface area contributed by atoms with Crippen LogP contribution < -0.4 is 5.32 Å². The Balaban J connectivity index is 2.91. The first-order chi connectivity index (χ1) is 9.23. The van der Waals surface area contributed by atoms with Crippen LogP contribution in [0.1, 0.15) is 27.7 Å². The Morgan fingerprint density at radius 1 is 1.15 bits per heavy atom. The number of nitrogens with zero attached hydrogens (tertiary/aromatic N) is 1. The molecule has 1 rings (SSSR count). The predicted octanol–water partition coefficient (Wildman–Crippen LogP) is 4.21. The number of benzene rings is 1. The molecule has 1 aromatic carbocycles. The molecule has 0 unspecified atom stereocenters. The Bertz CT molecular complexity index is 459. The van der Waals surface area contributed by atoms with Crippen LogP contribution in [-0.4, -0.2) is 11.5 Å². The normalized spacial score (nSPS) is 11.4. The van der Waals surface area contributed by atoms with Crippen LogP contribution in [-0.2, 0) is 0 Å². The molecular weight excluding hydrogens is 266 g/mol. The summed E-state index contributed by atoms with van der Waals surface area (Å²) in [6.45, 7) is 8.62. The third-order valence-electron chi connectivity index (χ3n) is 3.46. The second-order valence-corrected chi connectivity index (χ2v) is 5.57. The zero-order chi connectivity index (χ0) is 15.4. The molecule has 4 nitrogen and oxygen atoms in total. The molecule has 1 N–H and O–H groups in total. The molecule has 0 aliphatic heterocycles. The third-order valence-corrected chi connectivity index (χ3v) is 3.46. The SMILES string of the molecule is CC(C)C(CNc1c(F)cc([N+](=O)[O-])cc1F)C(C)C. The van der Waals surface area contributed by atoms with Gasteiger partial charge in [-0.2, -0.15) is 0 Å². The van der Waals surface area contributed by atoms with Crippen LogP contribution in [0.4, 0.5) is 20.2 Å². The van der Waals surface area contributed by atoms with Crippen LogP contribution in [0, 0.1) is 39.5 Å². The molecule has 1 aromatic rings. The molecule has 0 heterocycles. The minimum atomic E-state index is -0.942. The number of hydrogen-bond donors (Lipinski definition) is 1. The lowest BCUT2D eigenvalue weighted by Gasteiger charge is -2.25. The highest BCUT2D eigenvalue weighted by Crippen LogP contribution is 2.27. The van der Waals surface area contributed by atoms with Crippen molar-refractivity contribution in [3.8, 4) is 0 Å². The van der Waals surface area contributed by atoms with Gasteiger partial charge in [0.15, 0.2) is 11.6 Å². The van der Waals surface area contributed by atoms with E-state index in [1.54, 1.807) is 0 Å². The maximum Gasteiger partial charge on any atom is 0.275 e. The molecule has 6 heteroatoms. The number of hydrogen-bond acceptors (Lipinski definition) is 3. The summed E-state index contributed by atoms with van der Waals surface area (Å²) in [6, 6.07) is 1.45. The Morgan fingerprint density at radius 3 is 1.95 bits per heavy atom. The number of nitrogens with one attached hydrogen (secondary N) is 1. The van der Waals surface area contributed by atoms with E-state index in [2.05, 4.69) is 33.0 Å². The van der Waals surface area contributed by atoms with Gasteiger partial charge in [0, 0.05) is 6.54 Å². The van der Waals surface area contributed by atoms with Crippen molar-refractivity contribution < 1.29 is 13.7 Å². The summed E-state index contributed by atoms with van der Waals surface area (Å²) in [5.41, 5.74) is -0.892. The number of non-ortho nitro benzene ring substituents is 1. The average Bonchev–Trinajstić information content (AvgIpc) is 2.31. The quantitative estimate of drug-likeness (QED) is 0.629. The van der Waals surface area contributed by atoms with Crippen LogP contribution in [0.15, 0.2) is 12.1 Å². The van der Waals surface area contributed by atoms with E-state index in [0.717, 1.165) is 12.1 Å². The summed E-state index contributed by atoms with van der Waals surface area (Å²) in [5, 5.41) is 13.3. The van der Waals surface area contributed by atoms with Crippen molar-refractivity contribution in [2.75, 3.05) is 11.9 Å². The first kappa shape index (κ1) is 16.3. The molecule has 0 atom stereocenters. The lowest BCUT2D eigenvalue weighted by Crippen LogP contribution is -2.25. The molecule has 0 spiro atoms. The van der Waals surface area contributed by atoms with Crippen molar-refractivity contribution in [2.24, 2.45) is 17.8 Å². The minimum absolute atomic E-state index is 0.254. The van der Waals surface area contributed by atoms with Gasteiger partial charge < -0.3 is 5.32 Å². The molecule has 0 bridgehead atoms. The van der Waals surface area contributed by atoms with E-state index in [-0.39, 0.29) is 11.6 Å². The van der Waals surface area contributed by atoms with E-state index < -0.39 is 22.2 Å². The Hall–Kier alpha value is -1.72. The van der Waals surface area contributed by atoms with E-state index in [4.69, 9.17) is 0 Å². The van der Waals surface area contributed by atoms with Gasteiger partial charge in [-0.15, -0.1) is 0 Å². The van der Waals surface area contributed by atoms with Gasteiger partial charge in [0.2, 0.25) is 0 Å². The van der Waals surface area contributed by atoms with Gasteiger partial charge in [-0.3, -0.25) is 10.1 Å². The summed E-state index contributed by atoms with van der Waals surface area (Å²) >= 11 is 0. The zero-order valence-electron chi connectivity index (χ0n) is 12.1. The highest BCUT2D eigenvalue weighted by atomic mass is 19.1. The molecule has 0 aliphatic carbocycles. The number of halogens is 2. The zero-order valence-corrected chi connectivity index (χ0v) is 12.1. The minimum Gasteiger partial charge on any atom is -0.380 e. The fourth-order valence-electron chi connectivity index (χ4n) is 2.30. The summed E-state index contributed by atoms with van der Waals surface area (Å²) < 4.78 is 27.4. The van der Waals surface area contributed by atoms with Gasteiger partial charge in [-0.25, -0.2) is 8.78 Å². The van der Waals surface area contributed by atoms with Crippen molar-refractivity contribution in [1.82, 2.24) is 0 Å². The van der Waals surface area contributed by atoms with Gasteiger partial charge in [-0.05, 0) is 17.8 Å². The molecule has 0 radical (unpaired) electrons. The Kier molecular flexibility index (Phi) is 5.42. The topological polar surface area (TPSA) is 55.2 Å². The smallest absolute Gasteiger partial charge is 0.275 e. The van der Waals surface area contributed by atoms with E-state index in [1.165, 1.54) is 0 Å². The van der Waals surface area contributed by atoms with E-state index in [0.29, 0.717) is 18.4 Å². The van der Waals surface area contributed by atoms with Crippen molar-refractivity contribution in [1.29, 1.82) is 0 Å². The molecular formula is C14H20F2N2O2. The summed E-state index contributed by atoms with van der Waals surface area (Å²) in [4.78, 5) is 9.69. The molecule has 0 fully saturated rings. The van der Waals surface area contributed by atoms with Crippen molar-refractivity contribution >= 4 is 11.4 Å². The Morgan fingerprint density at radius 2 is 1.60 bits per heavy atom. The lowest BCUT2D eigenvalue weighted by molar-refractivity contribution is -0.385. The van der Waals surface area contributed by atoms with Crippen LogP contribution in [0.2, 0.25) is 0 Å². The second-order valence-electron chi connectivity index (χ2n) is 5.57. The maximum atomic E-state index is 13.7. The van der Waals surface area contributed by atoms with Gasteiger partial charge in [0.05, 0.1) is 17.1 Å². The van der Waals surface area contributed by atoms with Crippen LogP contribution in [0.25, 0.3) is 0 Å². The standard InChI is InChI=1S/C14H20F2N2O2/c1-8(2)11(9(3)4)7-17-14-12(15)5-10(18(19)20)6-13(14)16/h5-6,8-9,11,17H,7H2,1-4H3. The van der Waals surface area contributed by atoms with Crippen LogP contribution >= 0.6 is 0 Å². The van der Waals surface area contributed by atoms with Crippen molar-refractivity contribution in [3.05, 3.63) is 33.9 Å². The lowest BCUT2D eigenvalue weighted by atomic mass is 9.85. The van der Waals surface area contributed by atoms with Gasteiger partial charge >= 0.3 is 0 Å². The molecule has 0 amide bonds. The van der Waals surface area contributed by atoms with Crippen LogP contribution in [0.5, 0.6) is 0 Å². The number of anilines is 1. The van der Waals surface area contributed by atoms with E-state index in [1.807, 2.05) is 0 Å². The maximum absolute atomic E-state index is 13.7. The molecule has 0 saturated carbocycles. The fourth-order valence-corrected chi connectivity index (χ4v) is 2.30. The van der Waals surface area contributed by atoms with E-state index in [9.17, 15) is 18.9 Å². The van der Waals surface area contributed by atoms with Crippen LogP contribution in [0.3, 0.4) is 0 Å². The molecule has 0 aromatic heterocycles. The summed E-state index contributed by atoms with van der Waals surface area (Å²) in [5.74, 6) is -0.895. The van der Waals surface area contributed by atoms with Gasteiger partial charge in [0.1, 0.15) is 5.69 Å². The highest BCUT2D eigenvalue weighted by Gasteiger charge is 2.21. The summed E-state index contributed by atoms with van der Waals surface area (Å²) in [7, 11) is 0. The molecule has 112 valence electrons. The number of nitro groups is 1. The van der Waals surface area contributed by atoms with Gasteiger partial charge in [-0.1, -0.05) is 27.7 Å². The average molecular weight is 286 g/mol. The first-order valence-electron chi connectivity index (χ1n) is 6.61. The van der Waals surface area contributed by atoms with Crippen molar-refractivity contribution in [2.45, 2.75) is 27.7 Å². The van der Waals surface area contributed by atoms with Gasteiger partial charge in [0.25, 0.3) is 5.69 Å². The third kappa shape index (κ3) is 3.88. The molecule has 20 heavy (non-hydrogen) atoms. The second kappa shape index (κ2) is 6.63. The monoisotopic (exact) mass is 286 g/mol. The first-order valence-corrected chi connectivity index (χ1v) is 6.61. The fraction of sp³-hybridized carbons (Fsp3) is 0.571. The Labute approximate surface area is 117 Å². The molecule has 0 aliphatic rings. The van der Waals surface area contributed by atoms with Crippen molar-refractivity contribution in [3.63, 3.8) is 0 Å². The number of rotatable bonds is 6. The highest BCUT2D eigenvalue weighted by molar-refractivity contribution is 5.51. The largest absolute Gasteiger partial charge is 0.380 e. The number of nitro benzene ring substituents is 1. The summed E-state index contributed by atoms with van der Waals surface area (Å²) in [6.07, 6.45) is 0. The van der Waals surface area contributed by atoms with E-state index >= 15 is 0 Å².